The highest BCUT2D eigenvalue weighted by Gasteiger charge is 2.26. The van der Waals surface area contributed by atoms with Crippen LogP contribution in [0.25, 0.3) is 10.9 Å². The van der Waals surface area contributed by atoms with Crippen LogP contribution in [0.2, 0.25) is 5.15 Å². The summed E-state index contributed by atoms with van der Waals surface area (Å²) in [5.74, 6) is -0.403. The molecule has 5 rings (SSSR count). The number of amides is 1. The zero-order valence-corrected chi connectivity index (χ0v) is 26.7. The number of nitrogens with zero attached hydrogens (tertiary/aromatic N) is 5. The Labute approximate surface area is 259 Å². The smallest absolute Gasteiger partial charge is 0.285 e. The SMILES string of the molecule is Cc1ccn(C2CCN(c3nc4c([C@@H](C)Nc5ccc(Cl)nc5C(=O)NS(C)(=O)=O)cc(C)cc4c(=O)n3C)CC2)c(=O)c1. The van der Waals surface area contributed by atoms with Gasteiger partial charge < -0.3 is 14.8 Å². The molecule has 1 aliphatic heterocycles. The van der Waals surface area contributed by atoms with Gasteiger partial charge in [-0.25, -0.2) is 23.1 Å². The van der Waals surface area contributed by atoms with Crippen LogP contribution in [0, 0.1) is 13.8 Å². The fraction of sp³-hybridized carbons (Fsp3) is 0.367. The van der Waals surface area contributed by atoms with Crippen LogP contribution in [-0.4, -0.2) is 52.8 Å². The maximum atomic E-state index is 13.6. The van der Waals surface area contributed by atoms with Crippen molar-refractivity contribution in [3.05, 3.63) is 90.8 Å². The second-order valence-corrected chi connectivity index (χ2v) is 13.4. The van der Waals surface area contributed by atoms with Crippen LogP contribution in [0.15, 0.2) is 52.2 Å². The van der Waals surface area contributed by atoms with E-state index in [1.54, 1.807) is 34.4 Å². The van der Waals surface area contributed by atoms with Gasteiger partial charge in [0, 0.05) is 44.0 Å². The second-order valence-electron chi connectivity index (χ2n) is 11.3. The number of fused-ring (bicyclic) bond motifs is 1. The van der Waals surface area contributed by atoms with Gasteiger partial charge >= 0.3 is 0 Å². The van der Waals surface area contributed by atoms with E-state index in [2.05, 4.69) is 15.2 Å². The summed E-state index contributed by atoms with van der Waals surface area (Å²) in [6.07, 6.45) is 4.16. The minimum absolute atomic E-state index is 0.0194. The van der Waals surface area contributed by atoms with Crippen molar-refractivity contribution in [2.45, 2.75) is 45.7 Å². The number of hydrogen-bond donors (Lipinski definition) is 2. The Hall–Kier alpha value is -4.23. The molecule has 1 aromatic carbocycles. The van der Waals surface area contributed by atoms with Gasteiger partial charge in [0.2, 0.25) is 16.0 Å². The summed E-state index contributed by atoms with van der Waals surface area (Å²) < 4.78 is 28.7. The Kier molecular flexibility index (Phi) is 8.54. The quantitative estimate of drug-likeness (QED) is 0.290. The zero-order valence-electron chi connectivity index (χ0n) is 25.1. The third-order valence-corrected chi connectivity index (χ3v) is 8.53. The van der Waals surface area contributed by atoms with E-state index in [0.29, 0.717) is 35.5 Å². The van der Waals surface area contributed by atoms with Gasteiger partial charge in [-0.1, -0.05) is 17.7 Å². The highest BCUT2D eigenvalue weighted by atomic mass is 35.5. The van der Waals surface area contributed by atoms with E-state index in [0.717, 1.165) is 30.2 Å². The molecule has 12 nitrogen and oxygen atoms in total. The first-order valence-electron chi connectivity index (χ1n) is 14.1. The number of pyridine rings is 2. The number of benzene rings is 1. The van der Waals surface area contributed by atoms with Crippen LogP contribution >= 0.6 is 11.6 Å². The number of halogens is 1. The summed E-state index contributed by atoms with van der Waals surface area (Å²) >= 11 is 6.03. The molecule has 1 atom stereocenters. The van der Waals surface area contributed by atoms with Gasteiger partial charge in [-0.15, -0.1) is 0 Å². The average Bonchev–Trinajstić information content (AvgIpc) is 2.95. The number of aromatic nitrogens is 4. The van der Waals surface area contributed by atoms with Crippen LogP contribution < -0.4 is 26.1 Å². The largest absolute Gasteiger partial charge is 0.377 e. The molecule has 0 aliphatic carbocycles. The van der Waals surface area contributed by atoms with E-state index >= 15 is 0 Å². The van der Waals surface area contributed by atoms with E-state index in [1.807, 2.05) is 43.8 Å². The van der Waals surface area contributed by atoms with Crippen LogP contribution in [0.5, 0.6) is 0 Å². The number of piperidine rings is 1. The van der Waals surface area contributed by atoms with Crippen LogP contribution in [0.4, 0.5) is 11.6 Å². The number of carbonyl (C=O) groups is 1. The van der Waals surface area contributed by atoms with Crippen molar-refractivity contribution in [3.63, 3.8) is 0 Å². The van der Waals surface area contributed by atoms with Crippen molar-refractivity contribution in [3.8, 4) is 0 Å². The summed E-state index contributed by atoms with van der Waals surface area (Å²) in [6, 6.07) is 9.91. The number of aryl methyl sites for hydroxylation is 2. The number of anilines is 2. The van der Waals surface area contributed by atoms with E-state index in [9.17, 15) is 22.8 Å². The van der Waals surface area contributed by atoms with Crippen molar-refractivity contribution < 1.29 is 13.2 Å². The molecule has 14 heteroatoms. The highest BCUT2D eigenvalue weighted by Crippen LogP contribution is 2.30. The first-order valence-corrected chi connectivity index (χ1v) is 16.4. The molecule has 0 spiro atoms. The van der Waals surface area contributed by atoms with E-state index in [1.165, 1.54) is 6.07 Å². The van der Waals surface area contributed by atoms with Gasteiger partial charge in [0.05, 0.1) is 28.9 Å². The Morgan fingerprint density at radius 2 is 1.75 bits per heavy atom. The third kappa shape index (κ3) is 6.48. The standard InChI is InChI=1S/C30H34ClN7O5S/c1-17-8-13-38(25(39)16-17)20-9-11-37(12-10-20)30-34-26-21(14-18(2)15-22(26)29(41)36(30)4)19(3)32-23-6-7-24(31)33-27(23)28(40)35-44(5,42)43/h6-8,13-16,19-20,32H,9-12H2,1-5H3,(H,35,40)/t19-/m1/s1. The number of hydrogen-bond acceptors (Lipinski definition) is 9. The maximum absolute atomic E-state index is 13.6. The Bertz CT molecular complexity index is 2000. The second kappa shape index (κ2) is 12.0. The lowest BCUT2D eigenvalue weighted by molar-refractivity contribution is 0.0977. The molecule has 0 saturated carbocycles. The van der Waals surface area contributed by atoms with E-state index < -0.39 is 22.0 Å². The molecule has 1 saturated heterocycles. The summed E-state index contributed by atoms with van der Waals surface area (Å²) in [5, 5.41) is 3.71. The predicted molar refractivity (Wildman–Crippen MR) is 171 cm³/mol. The highest BCUT2D eigenvalue weighted by molar-refractivity contribution is 7.89. The molecule has 3 aromatic heterocycles. The van der Waals surface area contributed by atoms with Crippen LogP contribution in [-0.2, 0) is 17.1 Å². The molecule has 0 unspecified atom stereocenters. The van der Waals surface area contributed by atoms with Crippen molar-refractivity contribution in [1.82, 2.24) is 23.8 Å². The first-order chi connectivity index (χ1) is 20.7. The van der Waals surface area contributed by atoms with Gasteiger partial charge in [0.15, 0.2) is 5.69 Å². The van der Waals surface area contributed by atoms with Crippen molar-refractivity contribution >= 4 is 50.1 Å². The summed E-state index contributed by atoms with van der Waals surface area (Å²) in [7, 11) is -2.14. The maximum Gasteiger partial charge on any atom is 0.285 e. The normalized spacial score (nSPS) is 14.9. The first kappa shape index (κ1) is 31.2. The van der Waals surface area contributed by atoms with Gasteiger partial charge in [0.1, 0.15) is 5.15 Å². The topological polar surface area (TPSA) is 148 Å². The minimum Gasteiger partial charge on any atom is -0.377 e. The molecule has 0 bridgehead atoms. The lowest BCUT2D eigenvalue weighted by Crippen LogP contribution is -2.40. The Morgan fingerprint density at radius 1 is 1.05 bits per heavy atom. The van der Waals surface area contributed by atoms with E-state index in [-0.39, 0.29) is 33.7 Å². The molecular weight excluding hydrogens is 606 g/mol. The predicted octanol–water partition coefficient (Wildman–Crippen LogP) is 3.46. The summed E-state index contributed by atoms with van der Waals surface area (Å²) in [6.45, 7) is 6.86. The molecule has 4 heterocycles. The third-order valence-electron chi connectivity index (χ3n) is 7.77. The number of rotatable bonds is 7. The summed E-state index contributed by atoms with van der Waals surface area (Å²) in [4.78, 5) is 50.1. The molecule has 232 valence electrons. The number of nitrogens with one attached hydrogen (secondary N) is 2. The molecule has 0 radical (unpaired) electrons. The number of carbonyl (C=O) groups excluding carboxylic acids is 1. The fourth-order valence-electron chi connectivity index (χ4n) is 5.64. The molecule has 1 fully saturated rings. The molecule has 4 aromatic rings. The van der Waals surface area contributed by atoms with E-state index in [4.69, 9.17) is 16.6 Å². The van der Waals surface area contributed by atoms with Gasteiger partial charge in [-0.05, 0) is 69.0 Å². The summed E-state index contributed by atoms with van der Waals surface area (Å²) in [5.41, 5.74) is 2.85. The minimum atomic E-state index is -3.84. The average molecular weight is 640 g/mol. The van der Waals surface area contributed by atoms with Gasteiger partial charge in [-0.2, -0.15) is 0 Å². The molecule has 1 aliphatic rings. The monoisotopic (exact) mass is 639 g/mol. The van der Waals surface area contributed by atoms with Gasteiger partial charge in [-0.3, -0.25) is 19.0 Å². The molecule has 1 amide bonds. The molecule has 44 heavy (non-hydrogen) atoms. The fourth-order valence-corrected chi connectivity index (χ4v) is 6.22. The van der Waals surface area contributed by atoms with Gasteiger partial charge in [0.25, 0.3) is 17.0 Å². The number of sulfonamides is 1. The lowest BCUT2D eigenvalue weighted by Gasteiger charge is -2.34. The Balaban J connectivity index is 1.48. The van der Waals surface area contributed by atoms with Crippen LogP contribution in [0.1, 0.15) is 59.0 Å². The Morgan fingerprint density at radius 3 is 2.41 bits per heavy atom. The molecule has 2 N–H and O–H groups in total. The van der Waals surface area contributed by atoms with Crippen molar-refractivity contribution in [1.29, 1.82) is 0 Å². The van der Waals surface area contributed by atoms with Crippen molar-refractivity contribution in [2.24, 2.45) is 7.05 Å². The molecular formula is C30H34ClN7O5S. The van der Waals surface area contributed by atoms with Crippen molar-refractivity contribution in [2.75, 3.05) is 29.6 Å². The zero-order chi connectivity index (χ0) is 31.9. The van der Waals surface area contributed by atoms with Crippen LogP contribution in [0.3, 0.4) is 0 Å². The lowest BCUT2D eigenvalue weighted by atomic mass is 10.0.